The van der Waals surface area contributed by atoms with Gasteiger partial charge in [0.05, 0.1) is 5.56 Å². The molecule has 1 heterocycles. The van der Waals surface area contributed by atoms with E-state index in [4.69, 9.17) is 10.6 Å². The first-order valence-corrected chi connectivity index (χ1v) is 6.98. The smallest absolute Gasteiger partial charge is 0.253 e. The number of carbonyl (C=O) groups is 1. The van der Waals surface area contributed by atoms with E-state index in [0.717, 1.165) is 17.2 Å². The fourth-order valence-corrected chi connectivity index (χ4v) is 2.10. The number of hydrazine groups is 1. The summed E-state index contributed by atoms with van der Waals surface area (Å²) in [6, 6.07) is 7.53. The van der Waals surface area contributed by atoms with Gasteiger partial charge in [-0.1, -0.05) is 24.3 Å². The van der Waals surface area contributed by atoms with Gasteiger partial charge in [-0.3, -0.25) is 4.79 Å². The van der Waals surface area contributed by atoms with Crippen LogP contribution in [0, 0.1) is 0 Å². The number of amides is 1. The van der Waals surface area contributed by atoms with Crippen molar-refractivity contribution in [1.29, 1.82) is 0 Å². The van der Waals surface area contributed by atoms with Crippen LogP contribution in [0.1, 0.15) is 23.7 Å². The van der Waals surface area contributed by atoms with Gasteiger partial charge in [0.2, 0.25) is 0 Å². The third-order valence-corrected chi connectivity index (χ3v) is 3.13. The van der Waals surface area contributed by atoms with Crippen LogP contribution in [0.15, 0.2) is 30.5 Å². The first-order valence-electron chi connectivity index (χ1n) is 6.98. The molecule has 0 saturated carbocycles. The van der Waals surface area contributed by atoms with Crippen LogP contribution < -0.4 is 16.6 Å². The number of aromatic nitrogens is 1. The minimum atomic E-state index is -0.140. The number of nitrogens with zero attached hydrogens (tertiary/aromatic N) is 1. The topological polar surface area (TPSA) is 89.3 Å². The van der Waals surface area contributed by atoms with Gasteiger partial charge >= 0.3 is 0 Å². The van der Waals surface area contributed by atoms with Gasteiger partial charge in [0, 0.05) is 31.3 Å². The van der Waals surface area contributed by atoms with Crippen molar-refractivity contribution in [3.8, 4) is 0 Å². The Morgan fingerprint density at radius 2 is 2.10 bits per heavy atom. The number of pyridine rings is 1. The summed E-state index contributed by atoms with van der Waals surface area (Å²) < 4.78 is 5.24. The maximum Gasteiger partial charge on any atom is 0.253 e. The monoisotopic (exact) mass is 288 g/mol. The van der Waals surface area contributed by atoms with Crippen LogP contribution in [0.25, 0.3) is 10.8 Å². The Morgan fingerprint density at radius 1 is 1.33 bits per heavy atom. The molecule has 0 aliphatic heterocycles. The van der Waals surface area contributed by atoms with Gasteiger partial charge in [0.1, 0.15) is 5.82 Å². The highest BCUT2D eigenvalue weighted by atomic mass is 16.5. The highest BCUT2D eigenvalue weighted by Gasteiger charge is 2.12. The molecule has 0 radical (unpaired) electrons. The number of carbonyl (C=O) groups excluding carboxylic acids is 1. The summed E-state index contributed by atoms with van der Waals surface area (Å²) in [7, 11) is 0. The lowest BCUT2D eigenvalue weighted by Gasteiger charge is -2.10. The van der Waals surface area contributed by atoms with Crippen molar-refractivity contribution < 1.29 is 9.53 Å². The minimum Gasteiger partial charge on any atom is -0.382 e. The summed E-state index contributed by atoms with van der Waals surface area (Å²) in [4.78, 5) is 16.4. The number of anilines is 1. The van der Waals surface area contributed by atoms with E-state index in [9.17, 15) is 4.79 Å². The predicted molar refractivity (Wildman–Crippen MR) is 83.0 cm³/mol. The number of fused-ring (bicyclic) bond motifs is 1. The first-order chi connectivity index (χ1) is 10.3. The molecule has 112 valence electrons. The molecule has 1 amide bonds. The van der Waals surface area contributed by atoms with Crippen LogP contribution in [0.5, 0.6) is 0 Å². The number of benzene rings is 1. The number of nitrogens with two attached hydrogens (primary N) is 1. The van der Waals surface area contributed by atoms with E-state index < -0.39 is 0 Å². The molecule has 0 saturated heterocycles. The SMILES string of the molecule is CCOCCCNC(=O)c1cnc(NN)c2ccccc12. The van der Waals surface area contributed by atoms with Crippen molar-refractivity contribution in [2.75, 3.05) is 25.2 Å². The van der Waals surface area contributed by atoms with Crippen LogP contribution >= 0.6 is 0 Å². The third kappa shape index (κ3) is 3.68. The third-order valence-electron chi connectivity index (χ3n) is 3.13. The summed E-state index contributed by atoms with van der Waals surface area (Å²) in [5.74, 6) is 5.86. The molecule has 0 atom stereocenters. The lowest BCUT2D eigenvalue weighted by Crippen LogP contribution is -2.26. The molecule has 2 aromatic rings. The van der Waals surface area contributed by atoms with Gasteiger partial charge < -0.3 is 15.5 Å². The van der Waals surface area contributed by atoms with E-state index in [0.29, 0.717) is 31.1 Å². The molecular formula is C15H20N4O2. The number of hydrogen-bond acceptors (Lipinski definition) is 5. The molecule has 21 heavy (non-hydrogen) atoms. The standard InChI is InChI=1S/C15H20N4O2/c1-2-21-9-5-8-17-15(20)13-10-18-14(19-16)12-7-4-3-6-11(12)13/h3-4,6-7,10H,2,5,8-9,16H2,1H3,(H,17,20)(H,18,19). The zero-order valence-electron chi connectivity index (χ0n) is 12.1. The summed E-state index contributed by atoms with van der Waals surface area (Å²) in [6.07, 6.45) is 2.32. The molecule has 0 bridgehead atoms. The van der Waals surface area contributed by atoms with Crippen LogP contribution in [-0.2, 0) is 4.74 Å². The fourth-order valence-electron chi connectivity index (χ4n) is 2.10. The van der Waals surface area contributed by atoms with Crippen LogP contribution in [0.3, 0.4) is 0 Å². The number of ether oxygens (including phenoxy) is 1. The lowest BCUT2D eigenvalue weighted by atomic mass is 10.1. The highest BCUT2D eigenvalue weighted by molar-refractivity contribution is 6.09. The highest BCUT2D eigenvalue weighted by Crippen LogP contribution is 2.23. The summed E-state index contributed by atoms with van der Waals surface area (Å²) in [6.45, 7) is 3.86. The largest absolute Gasteiger partial charge is 0.382 e. The van der Waals surface area contributed by atoms with Gasteiger partial charge in [0.15, 0.2) is 0 Å². The molecular weight excluding hydrogens is 268 g/mol. The molecule has 0 unspecified atom stereocenters. The van der Waals surface area contributed by atoms with Crippen LogP contribution in [0.4, 0.5) is 5.82 Å². The van der Waals surface area contributed by atoms with Crippen molar-refractivity contribution in [1.82, 2.24) is 10.3 Å². The summed E-state index contributed by atoms with van der Waals surface area (Å²) >= 11 is 0. The maximum atomic E-state index is 12.2. The predicted octanol–water partition coefficient (Wildman–Crippen LogP) is 1.68. The van der Waals surface area contributed by atoms with Gasteiger partial charge in [0.25, 0.3) is 5.91 Å². The molecule has 4 N–H and O–H groups in total. The number of nitrogens with one attached hydrogen (secondary N) is 2. The van der Waals surface area contributed by atoms with Gasteiger partial charge in [-0.25, -0.2) is 10.8 Å². The molecule has 0 aliphatic rings. The molecule has 6 heteroatoms. The molecule has 1 aromatic carbocycles. The number of nitrogen functional groups attached to an aromatic ring is 1. The van der Waals surface area contributed by atoms with Crippen molar-refractivity contribution in [2.24, 2.45) is 5.84 Å². The quantitative estimate of drug-likeness (QED) is 0.410. The molecule has 0 spiro atoms. The van der Waals surface area contributed by atoms with E-state index >= 15 is 0 Å². The van der Waals surface area contributed by atoms with Crippen molar-refractivity contribution >= 4 is 22.5 Å². The second-order valence-corrected chi connectivity index (χ2v) is 4.52. The Labute approximate surface area is 123 Å². The lowest BCUT2D eigenvalue weighted by molar-refractivity contribution is 0.0945. The Bertz CT molecular complexity index is 616. The van der Waals surface area contributed by atoms with E-state index in [2.05, 4.69) is 15.7 Å². The van der Waals surface area contributed by atoms with E-state index in [1.165, 1.54) is 6.20 Å². The Morgan fingerprint density at radius 3 is 2.81 bits per heavy atom. The summed E-state index contributed by atoms with van der Waals surface area (Å²) in [5, 5.41) is 4.52. The fraction of sp³-hybridized carbons (Fsp3) is 0.333. The molecule has 0 aliphatic carbocycles. The van der Waals surface area contributed by atoms with E-state index in [-0.39, 0.29) is 5.91 Å². The zero-order chi connectivity index (χ0) is 15.1. The van der Waals surface area contributed by atoms with E-state index in [1.54, 1.807) is 0 Å². The van der Waals surface area contributed by atoms with Crippen molar-refractivity contribution in [3.05, 3.63) is 36.0 Å². The first kappa shape index (κ1) is 15.2. The Kier molecular flexibility index (Phi) is 5.48. The second-order valence-electron chi connectivity index (χ2n) is 4.52. The Balaban J connectivity index is 2.13. The van der Waals surface area contributed by atoms with Crippen LogP contribution in [-0.4, -0.2) is 30.6 Å². The normalized spacial score (nSPS) is 10.6. The zero-order valence-corrected chi connectivity index (χ0v) is 12.1. The number of hydrogen-bond donors (Lipinski definition) is 3. The summed E-state index contributed by atoms with van der Waals surface area (Å²) in [5.41, 5.74) is 3.09. The average Bonchev–Trinajstić information content (AvgIpc) is 2.53. The second kappa shape index (κ2) is 7.56. The maximum absolute atomic E-state index is 12.2. The molecule has 2 rings (SSSR count). The van der Waals surface area contributed by atoms with Crippen LogP contribution in [0.2, 0.25) is 0 Å². The Hall–Kier alpha value is -2.18. The van der Waals surface area contributed by atoms with E-state index in [1.807, 2.05) is 31.2 Å². The van der Waals surface area contributed by atoms with Crippen molar-refractivity contribution in [3.63, 3.8) is 0 Å². The van der Waals surface area contributed by atoms with Gasteiger partial charge in [-0.05, 0) is 18.7 Å². The minimum absolute atomic E-state index is 0.140. The van der Waals surface area contributed by atoms with Gasteiger partial charge in [-0.2, -0.15) is 0 Å². The molecule has 6 nitrogen and oxygen atoms in total. The molecule has 1 aromatic heterocycles. The average molecular weight is 288 g/mol. The van der Waals surface area contributed by atoms with Gasteiger partial charge in [-0.15, -0.1) is 0 Å². The van der Waals surface area contributed by atoms with Crippen molar-refractivity contribution in [2.45, 2.75) is 13.3 Å². The number of rotatable bonds is 7. The molecule has 0 fully saturated rings.